The Morgan fingerprint density at radius 1 is 1.19 bits per heavy atom. The summed E-state index contributed by atoms with van der Waals surface area (Å²) in [5.41, 5.74) is 1.11. The fraction of sp³-hybridized carbons (Fsp3) is 0.500. The molecule has 0 bridgehead atoms. The molecule has 116 valence electrons. The van der Waals surface area contributed by atoms with E-state index in [4.69, 9.17) is 5.11 Å². The van der Waals surface area contributed by atoms with E-state index in [1.54, 1.807) is 4.90 Å². The summed E-state index contributed by atoms with van der Waals surface area (Å²) >= 11 is 3.38. The zero-order valence-electron chi connectivity index (χ0n) is 12.5. The number of rotatable bonds is 8. The quantitative estimate of drug-likeness (QED) is 0.777. The number of carboxylic acid groups (broad SMARTS) is 1. The van der Waals surface area contributed by atoms with E-state index >= 15 is 0 Å². The van der Waals surface area contributed by atoms with Gasteiger partial charge in [-0.25, -0.2) is 0 Å². The number of carbonyl (C=O) groups is 2. The summed E-state index contributed by atoms with van der Waals surface area (Å²) in [6.45, 7) is 4.94. The molecule has 1 amide bonds. The van der Waals surface area contributed by atoms with Crippen LogP contribution in [0.25, 0.3) is 0 Å². The first kappa shape index (κ1) is 17.7. The van der Waals surface area contributed by atoms with Gasteiger partial charge in [-0.3, -0.25) is 9.59 Å². The summed E-state index contributed by atoms with van der Waals surface area (Å²) in [7, 11) is 0. The van der Waals surface area contributed by atoms with Gasteiger partial charge in [-0.1, -0.05) is 41.9 Å². The average Bonchev–Trinajstić information content (AvgIpc) is 2.42. The lowest BCUT2D eigenvalue weighted by molar-refractivity contribution is -0.138. The second kappa shape index (κ2) is 8.82. The molecule has 5 heteroatoms. The Hall–Kier alpha value is -1.36. The molecule has 0 heterocycles. The van der Waals surface area contributed by atoms with Crippen LogP contribution in [0.5, 0.6) is 0 Å². The Morgan fingerprint density at radius 3 is 2.33 bits per heavy atom. The predicted molar refractivity (Wildman–Crippen MR) is 86.1 cm³/mol. The van der Waals surface area contributed by atoms with E-state index in [2.05, 4.69) is 15.9 Å². The molecule has 0 aromatic heterocycles. The summed E-state index contributed by atoms with van der Waals surface area (Å²) in [6.07, 6.45) is 1.08. The van der Waals surface area contributed by atoms with Crippen LogP contribution in [-0.4, -0.2) is 35.0 Å². The maximum absolute atomic E-state index is 12.3. The van der Waals surface area contributed by atoms with Crippen LogP contribution in [0.1, 0.15) is 32.3 Å². The first-order valence-electron chi connectivity index (χ1n) is 7.12. The number of hydrogen-bond donors (Lipinski definition) is 1. The Bertz CT molecular complexity index is 471. The average molecular weight is 356 g/mol. The first-order valence-corrected chi connectivity index (χ1v) is 7.91. The molecule has 21 heavy (non-hydrogen) atoms. The van der Waals surface area contributed by atoms with E-state index in [1.807, 2.05) is 38.1 Å². The number of halogens is 1. The number of aryl methyl sites for hydroxylation is 1. The van der Waals surface area contributed by atoms with Gasteiger partial charge in [0, 0.05) is 24.0 Å². The van der Waals surface area contributed by atoms with E-state index in [9.17, 15) is 9.59 Å². The molecule has 1 aromatic rings. The molecule has 0 saturated heterocycles. The highest BCUT2D eigenvalue weighted by Gasteiger charge is 2.15. The van der Waals surface area contributed by atoms with Gasteiger partial charge in [0.2, 0.25) is 5.91 Å². The second-order valence-corrected chi connectivity index (χ2v) is 6.42. The lowest BCUT2D eigenvalue weighted by atomic mass is 10.1. The molecule has 0 saturated carbocycles. The number of carbonyl (C=O) groups excluding carboxylic acids is 1. The number of aliphatic carboxylic acids is 1. The Kier molecular flexibility index (Phi) is 7.43. The van der Waals surface area contributed by atoms with Gasteiger partial charge in [0.1, 0.15) is 0 Å². The molecule has 0 aliphatic carbocycles. The zero-order chi connectivity index (χ0) is 15.8. The molecular formula is C16H22BrNO3. The lowest BCUT2D eigenvalue weighted by Gasteiger charge is -2.24. The maximum Gasteiger partial charge on any atom is 0.305 e. The lowest BCUT2D eigenvalue weighted by Crippen LogP contribution is -2.36. The van der Waals surface area contributed by atoms with Crippen molar-refractivity contribution in [1.29, 1.82) is 0 Å². The van der Waals surface area contributed by atoms with Crippen LogP contribution in [0.3, 0.4) is 0 Å². The topological polar surface area (TPSA) is 57.6 Å². The van der Waals surface area contributed by atoms with Crippen LogP contribution < -0.4 is 0 Å². The molecule has 0 radical (unpaired) electrons. The van der Waals surface area contributed by atoms with Crippen molar-refractivity contribution in [3.8, 4) is 0 Å². The molecule has 0 spiro atoms. The Balaban J connectivity index is 2.54. The van der Waals surface area contributed by atoms with Crippen molar-refractivity contribution in [3.63, 3.8) is 0 Å². The van der Waals surface area contributed by atoms with E-state index in [0.29, 0.717) is 25.3 Å². The SMILES string of the molecule is CC(C)CN(CCC(=O)O)C(=O)CCc1ccc(Br)cc1. The van der Waals surface area contributed by atoms with Gasteiger partial charge in [-0.15, -0.1) is 0 Å². The van der Waals surface area contributed by atoms with Crippen LogP contribution in [0, 0.1) is 5.92 Å². The van der Waals surface area contributed by atoms with Crippen LogP contribution in [0.2, 0.25) is 0 Å². The molecule has 0 fully saturated rings. The third-order valence-electron chi connectivity index (χ3n) is 3.07. The molecule has 0 aliphatic rings. The highest BCUT2D eigenvalue weighted by molar-refractivity contribution is 9.10. The van der Waals surface area contributed by atoms with Gasteiger partial charge < -0.3 is 10.0 Å². The third kappa shape index (κ3) is 7.27. The number of carboxylic acids is 1. The van der Waals surface area contributed by atoms with Gasteiger partial charge in [0.05, 0.1) is 6.42 Å². The number of nitrogens with zero attached hydrogens (tertiary/aromatic N) is 1. The summed E-state index contributed by atoms with van der Waals surface area (Å²) < 4.78 is 1.01. The predicted octanol–water partition coefficient (Wildman–Crippen LogP) is 3.34. The number of hydrogen-bond acceptors (Lipinski definition) is 2. The minimum absolute atomic E-state index is 0.00323. The van der Waals surface area contributed by atoms with Crippen LogP contribution in [-0.2, 0) is 16.0 Å². The minimum atomic E-state index is -0.871. The van der Waals surface area contributed by atoms with E-state index < -0.39 is 5.97 Å². The summed E-state index contributed by atoms with van der Waals surface area (Å²) in [5.74, 6) is -0.521. The van der Waals surface area contributed by atoms with E-state index in [1.165, 1.54) is 0 Å². The fourth-order valence-electron chi connectivity index (χ4n) is 2.05. The Morgan fingerprint density at radius 2 is 1.81 bits per heavy atom. The second-order valence-electron chi connectivity index (χ2n) is 5.50. The van der Waals surface area contributed by atoms with E-state index in [0.717, 1.165) is 10.0 Å². The molecule has 1 N–H and O–H groups in total. The van der Waals surface area contributed by atoms with Crippen molar-refractivity contribution >= 4 is 27.8 Å². The Labute approximate surface area is 134 Å². The molecule has 0 aliphatic heterocycles. The van der Waals surface area contributed by atoms with Gasteiger partial charge in [0.25, 0.3) is 0 Å². The molecule has 1 aromatic carbocycles. The van der Waals surface area contributed by atoms with Crippen LogP contribution >= 0.6 is 15.9 Å². The summed E-state index contributed by atoms with van der Waals surface area (Å²) in [4.78, 5) is 24.6. The summed E-state index contributed by atoms with van der Waals surface area (Å²) in [5, 5.41) is 8.77. The van der Waals surface area contributed by atoms with Crippen molar-refractivity contribution < 1.29 is 14.7 Å². The fourth-order valence-corrected chi connectivity index (χ4v) is 2.31. The first-order chi connectivity index (χ1) is 9.88. The van der Waals surface area contributed by atoms with E-state index in [-0.39, 0.29) is 18.9 Å². The number of amides is 1. The van der Waals surface area contributed by atoms with Crippen molar-refractivity contribution in [2.45, 2.75) is 33.1 Å². The van der Waals surface area contributed by atoms with Gasteiger partial charge in [-0.2, -0.15) is 0 Å². The van der Waals surface area contributed by atoms with Crippen LogP contribution in [0.4, 0.5) is 0 Å². The largest absolute Gasteiger partial charge is 0.481 e. The van der Waals surface area contributed by atoms with Gasteiger partial charge >= 0.3 is 5.97 Å². The van der Waals surface area contributed by atoms with Crippen molar-refractivity contribution in [1.82, 2.24) is 4.90 Å². The standard InChI is InChI=1S/C16H22BrNO3/c1-12(2)11-18(10-9-16(20)21)15(19)8-5-13-3-6-14(17)7-4-13/h3-4,6-7,12H,5,8-11H2,1-2H3,(H,20,21). The van der Waals surface area contributed by atoms with Crippen molar-refractivity contribution in [3.05, 3.63) is 34.3 Å². The van der Waals surface area contributed by atoms with Crippen molar-refractivity contribution in [2.24, 2.45) is 5.92 Å². The molecular weight excluding hydrogens is 334 g/mol. The summed E-state index contributed by atoms with van der Waals surface area (Å²) in [6, 6.07) is 7.88. The highest BCUT2D eigenvalue weighted by atomic mass is 79.9. The third-order valence-corrected chi connectivity index (χ3v) is 3.60. The molecule has 4 nitrogen and oxygen atoms in total. The van der Waals surface area contributed by atoms with Crippen LogP contribution in [0.15, 0.2) is 28.7 Å². The molecule has 1 rings (SSSR count). The van der Waals surface area contributed by atoms with Crippen molar-refractivity contribution in [2.75, 3.05) is 13.1 Å². The monoisotopic (exact) mass is 355 g/mol. The molecule has 0 atom stereocenters. The van der Waals surface area contributed by atoms with Gasteiger partial charge in [0.15, 0.2) is 0 Å². The number of benzene rings is 1. The van der Waals surface area contributed by atoms with Gasteiger partial charge in [-0.05, 0) is 30.0 Å². The zero-order valence-corrected chi connectivity index (χ0v) is 14.1. The normalized spacial score (nSPS) is 10.7. The minimum Gasteiger partial charge on any atom is -0.481 e. The highest BCUT2D eigenvalue weighted by Crippen LogP contribution is 2.13. The smallest absolute Gasteiger partial charge is 0.305 e. The molecule has 0 unspecified atom stereocenters. The maximum atomic E-state index is 12.3.